The molecule has 8 heteroatoms. The number of benzene rings is 1. The summed E-state index contributed by atoms with van der Waals surface area (Å²) in [5, 5.41) is 6.51. The van der Waals surface area contributed by atoms with Crippen LogP contribution in [0, 0.1) is 5.82 Å². The van der Waals surface area contributed by atoms with Crippen LogP contribution in [0.2, 0.25) is 0 Å². The molecule has 2 unspecified atom stereocenters. The third-order valence-electron chi connectivity index (χ3n) is 4.92. The number of carbonyl (C=O) groups is 1. The molecule has 0 saturated carbocycles. The van der Waals surface area contributed by atoms with E-state index in [1.165, 1.54) is 12.1 Å². The molecule has 1 aliphatic rings. The minimum Gasteiger partial charge on any atom is -0.489 e. The van der Waals surface area contributed by atoms with Crippen LogP contribution in [-0.4, -0.2) is 81.1 Å². The molecule has 29 heavy (non-hydrogen) atoms. The Kier molecular flexibility index (Phi) is 9.18. The van der Waals surface area contributed by atoms with Crippen molar-refractivity contribution in [3.63, 3.8) is 0 Å². The highest BCUT2D eigenvalue weighted by Gasteiger charge is 2.30. The first-order valence-electron chi connectivity index (χ1n) is 10.2. The van der Waals surface area contributed by atoms with Gasteiger partial charge in [-0.1, -0.05) is 6.07 Å². The molecule has 1 amide bonds. The molecular formula is C21H34FN5O2. The van der Waals surface area contributed by atoms with Gasteiger partial charge in [-0.25, -0.2) is 4.39 Å². The number of ether oxygens (including phenoxy) is 1. The van der Waals surface area contributed by atoms with Crippen molar-refractivity contribution >= 4 is 11.9 Å². The summed E-state index contributed by atoms with van der Waals surface area (Å²) < 4.78 is 18.9. The number of carbonyl (C=O) groups excluding carboxylic acids is 1. The van der Waals surface area contributed by atoms with Gasteiger partial charge >= 0.3 is 0 Å². The first-order chi connectivity index (χ1) is 13.9. The lowest BCUT2D eigenvalue weighted by atomic mass is 10.2. The molecule has 1 aliphatic heterocycles. The van der Waals surface area contributed by atoms with Gasteiger partial charge in [-0.2, -0.15) is 0 Å². The van der Waals surface area contributed by atoms with Crippen LogP contribution in [0.5, 0.6) is 5.75 Å². The van der Waals surface area contributed by atoms with E-state index in [9.17, 15) is 9.18 Å². The van der Waals surface area contributed by atoms with Crippen LogP contribution >= 0.6 is 0 Å². The van der Waals surface area contributed by atoms with Crippen molar-refractivity contribution in [3.05, 3.63) is 30.1 Å². The Balaban J connectivity index is 1.66. The predicted octanol–water partition coefficient (Wildman–Crippen LogP) is 1.70. The third kappa shape index (κ3) is 7.53. The fourth-order valence-corrected chi connectivity index (χ4v) is 3.44. The number of halogens is 1. The van der Waals surface area contributed by atoms with Crippen LogP contribution in [0.15, 0.2) is 29.3 Å². The number of rotatable bonds is 9. The van der Waals surface area contributed by atoms with E-state index in [1.807, 2.05) is 21.0 Å². The standard InChI is InChI=1S/C21H34FN5O2/c1-16(29-18-9-5-8-17(22)14-18)15-25-21(23-2)24-11-7-13-27-12-6-10-19(27)20(28)26(3)4/h5,8-9,14,16,19H,6-7,10-13,15H2,1-4H3,(H2,23,24,25). The largest absolute Gasteiger partial charge is 0.489 e. The van der Waals surface area contributed by atoms with E-state index in [4.69, 9.17) is 4.74 Å². The van der Waals surface area contributed by atoms with Crippen molar-refractivity contribution in [2.45, 2.75) is 38.3 Å². The smallest absolute Gasteiger partial charge is 0.239 e. The van der Waals surface area contributed by atoms with Crippen LogP contribution in [-0.2, 0) is 4.79 Å². The van der Waals surface area contributed by atoms with E-state index in [1.54, 1.807) is 24.1 Å². The van der Waals surface area contributed by atoms with Gasteiger partial charge in [0.25, 0.3) is 0 Å². The normalized spacial score (nSPS) is 18.4. The monoisotopic (exact) mass is 407 g/mol. The quantitative estimate of drug-likeness (QED) is 0.371. The lowest BCUT2D eigenvalue weighted by Gasteiger charge is -2.26. The van der Waals surface area contributed by atoms with Crippen LogP contribution < -0.4 is 15.4 Å². The summed E-state index contributed by atoms with van der Waals surface area (Å²) in [7, 11) is 5.35. The van der Waals surface area contributed by atoms with Gasteiger partial charge in [-0.15, -0.1) is 0 Å². The molecule has 162 valence electrons. The molecule has 1 saturated heterocycles. The summed E-state index contributed by atoms with van der Waals surface area (Å²) >= 11 is 0. The van der Waals surface area contributed by atoms with Crippen molar-refractivity contribution in [1.29, 1.82) is 0 Å². The summed E-state index contributed by atoms with van der Waals surface area (Å²) in [6.45, 7) is 5.08. The highest BCUT2D eigenvalue weighted by Crippen LogP contribution is 2.18. The van der Waals surface area contributed by atoms with Crippen LogP contribution in [0.1, 0.15) is 26.2 Å². The van der Waals surface area contributed by atoms with Gasteiger partial charge in [0.2, 0.25) is 5.91 Å². The average molecular weight is 408 g/mol. The summed E-state index contributed by atoms with van der Waals surface area (Å²) in [6.07, 6.45) is 2.80. The minimum absolute atomic E-state index is 0.0169. The van der Waals surface area contributed by atoms with Crippen LogP contribution in [0.4, 0.5) is 4.39 Å². The molecule has 0 bridgehead atoms. The van der Waals surface area contributed by atoms with Crippen molar-refractivity contribution in [3.8, 4) is 5.75 Å². The van der Waals surface area contributed by atoms with Crippen molar-refractivity contribution in [1.82, 2.24) is 20.4 Å². The highest BCUT2D eigenvalue weighted by atomic mass is 19.1. The number of guanidine groups is 1. The van der Waals surface area contributed by atoms with Crippen molar-refractivity contribution in [2.75, 3.05) is 47.3 Å². The summed E-state index contributed by atoms with van der Waals surface area (Å²) in [4.78, 5) is 20.4. The summed E-state index contributed by atoms with van der Waals surface area (Å²) in [6, 6.07) is 6.14. The van der Waals surface area contributed by atoms with Crippen molar-refractivity contribution in [2.24, 2.45) is 4.99 Å². The van der Waals surface area contributed by atoms with Gasteiger partial charge in [0.05, 0.1) is 12.6 Å². The van der Waals surface area contributed by atoms with Gasteiger partial charge in [0.1, 0.15) is 17.7 Å². The molecular weight excluding hydrogens is 373 g/mol. The van der Waals surface area contributed by atoms with E-state index >= 15 is 0 Å². The topological polar surface area (TPSA) is 69.2 Å². The lowest BCUT2D eigenvalue weighted by molar-refractivity contribution is -0.133. The van der Waals surface area contributed by atoms with Gasteiger partial charge in [-0.05, 0) is 44.9 Å². The lowest BCUT2D eigenvalue weighted by Crippen LogP contribution is -2.44. The molecule has 2 atom stereocenters. The van der Waals surface area contributed by atoms with Crippen LogP contribution in [0.3, 0.4) is 0 Å². The molecule has 0 aromatic heterocycles. The molecule has 1 fully saturated rings. The van der Waals surface area contributed by atoms with E-state index in [-0.39, 0.29) is 23.9 Å². The van der Waals surface area contributed by atoms with E-state index in [0.29, 0.717) is 18.3 Å². The number of likely N-dealkylation sites (N-methyl/N-ethyl adjacent to an activating group) is 1. The maximum absolute atomic E-state index is 13.2. The highest BCUT2D eigenvalue weighted by molar-refractivity contribution is 5.81. The Morgan fingerprint density at radius 2 is 2.21 bits per heavy atom. The van der Waals surface area contributed by atoms with Gasteiger partial charge in [0, 0.05) is 40.3 Å². The summed E-state index contributed by atoms with van der Waals surface area (Å²) in [5.74, 6) is 1.09. The molecule has 0 spiro atoms. The zero-order valence-corrected chi connectivity index (χ0v) is 17.9. The third-order valence-corrected chi connectivity index (χ3v) is 4.92. The second kappa shape index (κ2) is 11.6. The number of hydrogen-bond acceptors (Lipinski definition) is 4. The molecule has 7 nitrogen and oxygen atoms in total. The molecule has 1 aromatic rings. The maximum Gasteiger partial charge on any atom is 0.239 e. The molecule has 1 aromatic carbocycles. The molecule has 0 radical (unpaired) electrons. The first kappa shape index (κ1) is 22.9. The molecule has 2 rings (SSSR count). The zero-order valence-electron chi connectivity index (χ0n) is 17.9. The SMILES string of the molecule is CN=C(NCCCN1CCCC1C(=O)N(C)C)NCC(C)Oc1cccc(F)c1. The van der Waals surface area contributed by atoms with E-state index in [2.05, 4.69) is 20.5 Å². The zero-order chi connectivity index (χ0) is 21.2. The summed E-state index contributed by atoms with van der Waals surface area (Å²) in [5.41, 5.74) is 0. The van der Waals surface area contributed by atoms with Gasteiger partial charge in [0.15, 0.2) is 5.96 Å². The molecule has 1 heterocycles. The molecule has 0 aliphatic carbocycles. The Morgan fingerprint density at radius 3 is 2.90 bits per heavy atom. The predicted molar refractivity (Wildman–Crippen MR) is 114 cm³/mol. The maximum atomic E-state index is 13.2. The number of likely N-dealkylation sites (tertiary alicyclic amines) is 1. The first-order valence-corrected chi connectivity index (χ1v) is 10.2. The van der Waals surface area contributed by atoms with E-state index < -0.39 is 0 Å². The minimum atomic E-state index is -0.312. The number of nitrogens with zero attached hydrogens (tertiary/aromatic N) is 3. The average Bonchev–Trinajstić information content (AvgIpc) is 3.15. The van der Waals surface area contributed by atoms with Gasteiger partial charge in [-0.3, -0.25) is 14.7 Å². The Labute approximate surface area is 173 Å². The van der Waals surface area contributed by atoms with Gasteiger partial charge < -0.3 is 20.3 Å². The molecule has 2 N–H and O–H groups in total. The second-order valence-corrected chi connectivity index (χ2v) is 7.55. The number of hydrogen-bond donors (Lipinski definition) is 2. The number of aliphatic imine (C=N–C) groups is 1. The van der Waals surface area contributed by atoms with E-state index in [0.717, 1.165) is 38.9 Å². The van der Waals surface area contributed by atoms with Crippen molar-refractivity contribution < 1.29 is 13.9 Å². The fourth-order valence-electron chi connectivity index (χ4n) is 3.44. The number of amides is 1. The Morgan fingerprint density at radius 1 is 1.41 bits per heavy atom. The van der Waals surface area contributed by atoms with Crippen LogP contribution in [0.25, 0.3) is 0 Å². The fraction of sp³-hybridized carbons (Fsp3) is 0.619. The number of nitrogens with one attached hydrogen (secondary N) is 2. The second-order valence-electron chi connectivity index (χ2n) is 7.55. The Bertz CT molecular complexity index is 683. The Hall–Kier alpha value is -2.35.